The molecule has 1 aromatic heterocycles. The maximum Gasteiger partial charge on any atom is 0.145 e. The van der Waals surface area contributed by atoms with Crippen LogP contribution < -0.4 is 9.64 Å². The smallest absolute Gasteiger partial charge is 0.145 e. The SMILES string of the molecule is COc1cccc2c(C)cc(N3CC[C@@H](N4CCCCCC4)[C@H](O)C3)nc12. The Morgan fingerprint density at radius 2 is 1.89 bits per heavy atom. The summed E-state index contributed by atoms with van der Waals surface area (Å²) in [6.45, 7) is 5.96. The van der Waals surface area contributed by atoms with Crippen LogP contribution in [0.2, 0.25) is 0 Å². The van der Waals surface area contributed by atoms with Crippen LogP contribution in [0.4, 0.5) is 5.82 Å². The molecule has 0 radical (unpaired) electrons. The summed E-state index contributed by atoms with van der Waals surface area (Å²) < 4.78 is 5.52. The second-order valence-electron chi connectivity index (χ2n) is 7.97. The summed E-state index contributed by atoms with van der Waals surface area (Å²) in [7, 11) is 1.69. The molecule has 2 aliphatic heterocycles. The van der Waals surface area contributed by atoms with E-state index in [2.05, 4.69) is 28.9 Å². The van der Waals surface area contributed by atoms with Gasteiger partial charge in [-0.15, -0.1) is 0 Å². The minimum Gasteiger partial charge on any atom is -0.494 e. The minimum absolute atomic E-state index is 0.287. The average molecular weight is 370 g/mol. The number of piperidine rings is 1. The first-order valence-electron chi connectivity index (χ1n) is 10.3. The molecule has 3 heterocycles. The molecule has 0 aliphatic carbocycles. The first-order valence-corrected chi connectivity index (χ1v) is 10.3. The summed E-state index contributed by atoms with van der Waals surface area (Å²) in [5.41, 5.74) is 2.09. The number of ether oxygens (including phenoxy) is 1. The number of fused-ring (bicyclic) bond motifs is 1. The number of para-hydroxylation sites is 1. The zero-order valence-electron chi connectivity index (χ0n) is 16.5. The van der Waals surface area contributed by atoms with Gasteiger partial charge in [-0.05, 0) is 57.0 Å². The zero-order valence-corrected chi connectivity index (χ0v) is 16.5. The number of methoxy groups -OCH3 is 1. The molecule has 4 rings (SSSR count). The molecule has 0 spiro atoms. The van der Waals surface area contributed by atoms with Gasteiger partial charge in [0.1, 0.15) is 17.1 Å². The van der Waals surface area contributed by atoms with Crippen molar-refractivity contribution in [1.29, 1.82) is 0 Å². The predicted octanol–water partition coefficient (Wildman–Crippen LogP) is 3.37. The van der Waals surface area contributed by atoms with Gasteiger partial charge in [0.2, 0.25) is 0 Å². The number of rotatable bonds is 3. The molecule has 0 saturated carbocycles. The molecule has 5 nitrogen and oxygen atoms in total. The Balaban J connectivity index is 1.55. The third kappa shape index (κ3) is 3.76. The molecule has 2 aromatic rings. The van der Waals surface area contributed by atoms with E-state index in [9.17, 15) is 5.11 Å². The lowest BCUT2D eigenvalue weighted by Crippen LogP contribution is -2.54. The Bertz CT molecular complexity index is 786. The molecule has 2 atom stereocenters. The number of pyridine rings is 1. The van der Waals surface area contributed by atoms with Gasteiger partial charge in [-0.25, -0.2) is 4.98 Å². The third-order valence-electron chi connectivity index (χ3n) is 6.20. The molecule has 2 fully saturated rings. The second kappa shape index (κ2) is 8.03. The number of hydrogen-bond acceptors (Lipinski definition) is 5. The van der Waals surface area contributed by atoms with Crippen LogP contribution in [0.1, 0.15) is 37.7 Å². The van der Waals surface area contributed by atoms with Gasteiger partial charge in [0, 0.05) is 24.5 Å². The van der Waals surface area contributed by atoms with E-state index < -0.39 is 0 Å². The monoisotopic (exact) mass is 369 g/mol. The molecule has 0 unspecified atom stereocenters. The summed E-state index contributed by atoms with van der Waals surface area (Å²) in [5, 5.41) is 12.0. The van der Waals surface area contributed by atoms with Gasteiger partial charge >= 0.3 is 0 Å². The standard InChI is InChI=1S/C22H31N3O2/c1-16-14-21(23-22-17(16)8-7-9-20(22)27-2)25-13-10-18(19(26)15-25)24-11-5-3-4-6-12-24/h7-9,14,18-19,26H,3-6,10-13,15H2,1-2H3/t18-,19-/m1/s1. The van der Waals surface area contributed by atoms with Crippen molar-refractivity contribution in [3.63, 3.8) is 0 Å². The summed E-state index contributed by atoms with van der Waals surface area (Å²) in [4.78, 5) is 9.65. The van der Waals surface area contributed by atoms with Gasteiger partial charge in [-0.2, -0.15) is 0 Å². The van der Waals surface area contributed by atoms with Crippen molar-refractivity contribution in [3.05, 3.63) is 29.8 Å². The van der Waals surface area contributed by atoms with Gasteiger partial charge < -0.3 is 14.7 Å². The first-order chi connectivity index (χ1) is 13.2. The van der Waals surface area contributed by atoms with Crippen LogP contribution in [0.25, 0.3) is 10.9 Å². The van der Waals surface area contributed by atoms with Crippen molar-refractivity contribution < 1.29 is 9.84 Å². The lowest BCUT2D eigenvalue weighted by Gasteiger charge is -2.42. The number of aliphatic hydroxyl groups is 1. The second-order valence-corrected chi connectivity index (χ2v) is 7.97. The number of nitrogens with zero attached hydrogens (tertiary/aromatic N) is 3. The zero-order chi connectivity index (χ0) is 18.8. The van der Waals surface area contributed by atoms with E-state index in [1.165, 1.54) is 31.2 Å². The highest BCUT2D eigenvalue weighted by Gasteiger charge is 2.33. The van der Waals surface area contributed by atoms with E-state index in [1.54, 1.807) is 7.11 Å². The number of benzene rings is 1. The lowest BCUT2D eigenvalue weighted by molar-refractivity contribution is 0.0383. The van der Waals surface area contributed by atoms with Crippen LogP contribution in [0.15, 0.2) is 24.3 Å². The Labute approximate surface area is 161 Å². The molecule has 1 N–H and O–H groups in total. The Morgan fingerprint density at radius 3 is 2.59 bits per heavy atom. The van der Waals surface area contributed by atoms with Crippen molar-refractivity contribution in [2.24, 2.45) is 0 Å². The average Bonchev–Trinajstić information content (AvgIpc) is 2.97. The van der Waals surface area contributed by atoms with Crippen LogP contribution in [-0.4, -0.2) is 60.4 Å². The molecule has 2 aliphatic rings. The fourth-order valence-electron chi connectivity index (χ4n) is 4.68. The van der Waals surface area contributed by atoms with Gasteiger partial charge in [0.25, 0.3) is 0 Å². The molecule has 2 saturated heterocycles. The number of aliphatic hydroxyl groups excluding tert-OH is 1. The number of anilines is 1. The highest BCUT2D eigenvalue weighted by Crippen LogP contribution is 2.31. The molecule has 5 heteroatoms. The van der Waals surface area contributed by atoms with Crippen LogP contribution in [-0.2, 0) is 0 Å². The summed E-state index contributed by atoms with van der Waals surface area (Å²) >= 11 is 0. The van der Waals surface area contributed by atoms with E-state index in [1.807, 2.05) is 12.1 Å². The van der Waals surface area contributed by atoms with Crippen LogP contribution in [0.3, 0.4) is 0 Å². The van der Waals surface area contributed by atoms with Crippen molar-refractivity contribution in [2.45, 2.75) is 51.2 Å². The number of likely N-dealkylation sites (tertiary alicyclic amines) is 1. The number of aromatic nitrogens is 1. The van der Waals surface area contributed by atoms with Crippen molar-refractivity contribution in [1.82, 2.24) is 9.88 Å². The molecule has 146 valence electrons. The van der Waals surface area contributed by atoms with Crippen molar-refractivity contribution in [2.75, 3.05) is 38.2 Å². The summed E-state index contributed by atoms with van der Waals surface area (Å²) in [6.07, 6.45) is 5.84. The topological polar surface area (TPSA) is 48.8 Å². The van der Waals surface area contributed by atoms with Crippen LogP contribution in [0, 0.1) is 6.92 Å². The van der Waals surface area contributed by atoms with Gasteiger partial charge in [0.05, 0.1) is 13.2 Å². The van der Waals surface area contributed by atoms with E-state index in [4.69, 9.17) is 9.72 Å². The fraction of sp³-hybridized carbons (Fsp3) is 0.591. The highest BCUT2D eigenvalue weighted by molar-refractivity contribution is 5.88. The maximum atomic E-state index is 10.9. The van der Waals surface area contributed by atoms with E-state index in [-0.39, 0.29) is 12.1 Å². The van der Waals surface area contributed by atoms with Crippen molar-refractivity contribution in [3.8, 4) is 5.75 Å². The Morgan fingerprint density at radius 1 is 1.11 bits per heavy atom. The van der Waals surface area contributed by atoms with E-state index in [0.717, 1.165) is 48.5 Å². The Hall–Kier alpha value is -1.85. The largest absolute Gasteiger partial charge is 0.494 e. The molecular weight excluding hydrogens is 338 g/mol. The van der Waals surface area contributed by atoms with Gasteiger partial charge in [-0.1, -0.05) is 25.0 Å². The van der Waals surface area contributed by atoms with E-state index >= 15 is 0 Å². The quantitative estimate of drug-likeness (QED) is 0.899. The predicted molar refractivity (Wildman–Crippen MR) is 110 cm³/mol. The number of aryl methyl sites for hydroxylation is 1. The summed E-state index contributed by atoms with van der Waals surface area (Å²) in [5.74, 6) is 1.75. The lowest BCUT2D eigenvalue weighted by atomic mass is 9.99. The fourth-order valence-corrected chi connectivity index (χ4v) is 4.68. The minimum atomic E-state index is -0.327. The number of hydrogen-bond donors (Lipinski definition) is 1. The summed E-state index contributed by atoms with van der Waals surface area (Å²) in [6, 6.07) is 8.48. The van der Waals surface area contributed by atoms with Crippen molar-refractivity contribution >= 4 is 16.7 Å². The van der Waals surface area contributed by atoms with Gasteiger partial charge in [0.15, 0.2) is 0 Å². The molecular formula is C22H31N3O2. The number of β-amino-alcohol motifs (C(OH)–C–C–N with tert-alkyl or cyclic N) is 1. The normalized spacial score (nSPS) is 24.8. The van der Waals surface area contributed by atoms with Crippen LogP contribution in [0.5, 0.6) is 5.75 Å². The van der Waals surface area contributed by atoms with Gasteiger partial charge in [-0.3, -0.25) is 4.90 Å². The van der Waals surface area contributed by atoms with Crippen LogP contribution >= 0.6 is 0 Å². The molecule has 0 amide bonds. The Kier molecular flexibility index (Phi) is 5.50. The first kappa shape index (κ1) is 18.5. The highest BCUT2D eigenvalue weighted by atomic mass is 16.5. The molecule has 1 aromatic carbocycles. The maximum absolute atomic E-state index is 10.9. The third-order valence-corrected chi connectivity index (χ3v) is 6.20. The molecule has 27 heavy (non-hydrogen) atoms. The molecule has 0 bridgehead atoms. The van der Waals surface area contributed by atoms with E-state index in [0.29, 0.717) is 6.54 Å².